The van der Waals surface area contributed by atoms with Crippen molar-refractivity contribution in [1.82, 2.24) is 9.97 Å². The number of para-hydroxylation sites is 1. The summed E-state index contributed by atoms with van der Waals surface area (Å²) >= 11 is 1.48. The van der Waals surface area contributed by atoms with E-state index in [2.05, 4.69) is 4.90 Å². The van der Waals surface area contributed by atoms with Crippen LogP contribution in [0.25, 0.3) is 20.8 Å². The molecule has 2 N–H and O–H groups in total. The van der Waals surface area contributed by atoms with E-state index in [0.29, 0.717) is 79.5 Å². The summed E-state index contributed by atoms with van der Waals surface area (Å²) in [6.45, 7) is 3.86. The number of amides is 1. The van der Waals surface area contributed by atoms with Gasteiger partial charge in [0.05, 0.1) is 61.7 Å². The summed E-state index contributed by atoms with van der Waals surface area (Å²) in [5.41, 5.74) is 8.23. The number of hydrogen-bond donors (Lipinski definition) is 1. The number of hydrogen-bond acceptors (Lipinski definition) is 9. The van der Waals surface area contributed by atoms with Crippen LogP contribution in [0.1, 0.15) is 22.2 Å². The lowest BCUT2D eigenvalue weighted by Crippen LogP contribution is -2.38. The molecule has 2 aromatic heterocycles. The average molecular weight is 457 g/mol. The number of pyridine rings is 1. The first-order chi connectivity index (χ1) is 15.7. The Bertz CT molecular complexity index is 1140. The molecule has 10 heteroatoms. The van der Waals surface area contributed by atoms with Gasteiger partial charge in [-0.15, -0.1) is 11.3 Å². The van der Waals surface area contributed by atoms with Crippen molar-refractivity contribution in [2.24, 2.45) is 5.73 Å². The standard InChI is InChI=1S/C22H24N4O5S/c1-28-15-3-2-4-17-19(15)25-22(32-17)18-13(20(23)27)11-14(16-12-30-9-10-31-16)24-21(18)26-5-7-29-8-6-26/h2-4,11,16H,5-10,12H2,1H3,(H2,23,27). The van der Waals surface area contributed by atoms with Gasteiger partial charge in [-0.2, -0.15) is 0 Å². The maximum atomic E-state index is 12.6. The highest BCUT2D eigenvalue weighted by molar-refractivity contribution is 7.21. The number of ether oxygens (including phenoxy) is 4. The van der Waals surface area contributed by atoms with E-state index in [1.165, 1.54) is 11.3 Å². The van der Waals surface area contributed by atoms with Crippen LogP contribution < -0.4 is 15.4 Å². The van der Waals surface area contributed by atoms with Crippen molar-refractivity contribution in [2.45, 2.75) is 6.10 Å². The molecule has 1 aromatic carbocycles. The van der Waals surface area contributed by atoms with Crippen LogP contribution in [0.3, 0.4) is 0 Å². The van der Waals surface area contributed by atoms with Crippen LogP contribution in [0.5, 0.6) is 5.75 Å². The van der Waals surface area contributed by atoms with E-state index in [9.17, 15) is 4.79 Å². The van der Waals surface area contributed by atoms with Crippen LogP contribution in [-0.2, 0) is 14.2 Å². The van der Waals surface area contributed by atoms with Gasteiger partial charge in [0.2, 0.25) is 5.91 Å². The van der Waals surface area contributed by atoms with Crippen LogP contribution in [0.15, 0.2) is 24.3 Å². The largest absolute Gasteiger partial charge is 0.494 e. The fourth-order valence-electron chi connectivity index (χ4n) is 3.98. The Labute approximate surface area is 189 Å². The second-order valence-corrected chi connectivity index (χ2v) is 8.55. The van der Waals surface area contributed by atoms with Gasteiger partial charge in [-0.3, -0.25) is 4.79 Å². The molecule has 32 heavy (non-hydrogen) atoms. The van der Waals surface area contributed by atoms with Crippen molar-refractivity contribution in [2.75, 3.05) is 58.1 Å². The van der Waals surface area contributed by atoms with Gasteiger partial charge in [0.15, 0.2) is 0 Å². The molecule has 9 nitrogen and oxygen atoms in total. The van der Waals surface area contributed by atoms with Gasteiger partial charge in [-0.25, -0.2) is 9.97 Å². The number of nitrogens with zero attached hydrogens (tertiary/aromatic N) is 3. The number of anilines is 1. The van der Waals surface area contributed by atoms with E-state index in [1.807, 2.05) is 18.2 Å². The van der Waals surface area contributed by atoms with Crippen molar-refractivity contribution < 1.29 is 23.7 Å². The van der Waals surface area contributed by atoms with Crippen LogP contribution in [0.4, 0.5) is 5.82 Å². The minimum Gasteiger partial charge on any atom is -0.494 e. The lowest BCUT2D eigenvalue weighted by Gasteiger charge is -2.31. The lowest BCUT2D eigenvalue weighted by atomic mass is 10.0. The number of morpholine rings is 1. The first-order valence-electron chi connectivity index (χ1n) is 10.5. The maximum Gasteiger partial charge on any atom is 0.249 e. The Hall–Kier alpha value is -2.79. The zero-order valence-electron chi connectivity index (χ0n) is 17.7. The number of methoxy groups -OCH3 is 1. The Kier molecular flexibility index (Phi) is 5.92. The summed E-state index contributed by atoms with van der Waals surface area (Å²) in [7, 11) is 1.62. The normalized spacial score (nSPS) is 19.3. The van der Waals surface area contributed by atoms with Gasteiger partial charge in [0, 0.05) is 13.1 Å². The van der Waals surface area contributed by atoms with Crippen LogP contribution >= 0.6 is 11.3 Å². The Balaban J connectivity index is 1.71. The third-order valence-electron chi connectivity index (χ3n) is 5.56. The number of benzene rings is 1. The molecule has 0 bridgehead atoms. The molecule has 0 spiro atoms. The average Bonchev–Trinajstić information content (AvgIpc) is 3.28. The number of aromatic nitrogens is 2. The van der Waals surface area contributed by atoms with Crippen LogP contribution in [0.2, 0.25) is 0 Å². The number of carbonyl (C=O) groups excluding carboxylic acids is 1. The van der Waals surface area contributed by atoms with Crippen molar-refractivity contribution in [3.05, 3.63) is 35.5 Å². The molecule has 0 saturated carbocycles. The number of thiazole rings is 1. The first kappa shape index (κ1) is 21.1. The molecule has 1 atom stereocenters. The topological polar surface area (TPSA) is 109 Å². The molecule has 1 amide bonds. The summed E-state index contributed by atoms with van der Waals surface area (Å²) < 4.78 is 23.4. The molecule has 2 fully saturated rings. The maximum absolute atomic E-state index is 12.6. The molecule has 1 unspecified atom stereocenters. The zero-order valence-corrected chi connectivity index (χ0v) is 18.5. The highest BCUT2D eigenvalue weighted by Crippen LogP contribution is 2.41. The quantitative estimate of drug-likeness (QED) is 0.623. The third-order valence-corrected chi connectivity index (χ3v) is 6.60. The number of rotatable bonds is 5. The van der Waals surface area contributed by atoms with Crippen molar-refractivity contribution in [1.29, 1.82) is 0 Å². The monoisotopic (exact) mass is 456 g/mol. The van der Waals surface area contributed by atoms with E-state index in [0.717, 1.165) is 10.2 Å². The van der Waals surface area contributed by atoms with Gasteiger partial charge < -0.3 is 29.6 Å². The highest BCUT2D eigenvalue weighted by Gasteiger charge is 2.29. The predicted molar refractivity (Wildman–Crippen MR) is 120 cm³/mol. The summed E-state index contributed by atoms with van der Waals surface area (Å²) in [5, 5.41) is 0.666. The summed E-state index contributed by atoms with van der Waals surface area (Å²) in [5.74, 6) is 0.795. The van der Waals surface area contributed by atoms with Gasteiger partial charge >= 0.3 is 0 Å². The predicted octanol–water partition coefficient (Wildman–Crippen LogP) is 2.39. The molecular formula is C22H24N4O5S. The number of primary amides is 1. The van der Waals surface area contributed by atoms with Crippen LogP contribution in [-0.4, -0.2) is 69.1 Å². The second kappa shape index (κ2) is 8.99. The van der Waals surface area contributed by atoms with Gasteiger partial charge in [-0.05, 0) is 18.2 Å². The zero-order chi connectivity index (χ0) is 22.1. The lowest BCUT2D eigenvalue weighted by molar-refractivity contribution is -0.0917. The van der Waals surface area contributed by atoms with Crippen molar-refractivity contribution in [3.63, 3.8) is 0 Å². The Morgan fingerprint density at radius 1 is 1.19 bits per heavy atom. The SMILES string of the molecule is COc1cccc2sc(-c3c(C(N)=O)cc(C4COCCO4)nc3N3CCOCC3)nc12. The molecular weight excluding hydrogens is 432 g/mol. The van der Waals surface area contributed by atoms with Crippen molar-refractivity contribution >= 4 is 33.3 Å². The molecule has 2 aliphatic rings. The molecule has 2 aliphatic heterocycles. The van der Waals surface area contributed by atoms with E-state index in [4.69, 9.17) is 34.6 Å². The highest BCUT2D eigenvalue weighted by atomic mass is 32.1. The summed E-state index contributed by atoms with van der Waals surface area (Å²) in [4.78, 5) is 24.5. The molecule has 168 valence electrons. The van der Waals surface area contributed by atoms with Gasteiger partial charge in [0.25, 0.3) is 0 Å². The smallest absolute Gasteiger partial charge is 0.249 e. The summed E-state index contributed by atoms with van der Waals surface area (Å²) in [6.07, 6.45) is -0.355. The van der Waals surface area contributed by atoms with E-state index < -0.39 is 5.91 Å². The Morgan fingerprint density at radius 2 is 2.03 bits per heavy atom. The Morgan fingerprint density at radius 3 is 2.75 bits per heavy atom. The number of fused-ring (bicyclic) bond motifs is 1. The second-order valence-electron chi connectivity index (χ2n) is 7.52. The minimum absolute atomic E-state index is 0.355. The van der Waals surface area contributed by atoms with Crippen LogP contribution in [0, 0.1) is 0 Å². The molecule has 4 heterocycles. The van der Waals surface area contributed by atoms with E-state index >= 15 is 0 Å². The van der Waals surface area contributed by atoms with E-state index in [1.54, 1.807) is 13.2 Å². The fourth-order valence-corrected chi connectivity index (χ4v) is 5.02. The molecule has 0 radical (unpaired) electrons. The van der Waals surface area contributed by atoms with E-state index in [-0.39, 0.29) is 6.10 Å². The van der Waals surface area contributed by atoms with Crippen molar-refractivity contribution in [3.8, 4) is 16.3 Å². The first-order valence-corrected chi connectivity index (χ1v) is 11.3. The minimum atomic E-state index is -0.541. The third kappa shape index (κ3) is 3.90. The molecule has 5 rings (SSSR count). The molecule has 2 saturated heterocycles. The van der Waals surface area contributed by atoms with Gasteiger partial charge in [-0.1, -0.05) is 6.07 Å². The molecule has 3 aromatic rings. The molecule has 0 aliphatic carbocycles. The number of carbonyl (C=O) groups is 1. The summed E-state index contributed by atoms with van der Waals surface area (Å²) in [6, 6.07) is 7.48. The fraction of sp³-hybridized carbons (Fsp3) is 0.409. The van der Waals surface area contributed by atoms with Gasteiger partial charge in [0.1, 0.15) is 28.2 Å². The number of nitrogens with two attached hydrogens (primary N) is 1.